The fourth-order valence-corrected chi connectivity index (χ4v) is 2.09. The van der Waals surface area contributed by atoms with Gasteiger partial charge in [-0.25, -0.2) is 9.78 Å². The smallest absolute Gasteiger partial charge is 0.358 e. The molecule has 21 heavy (non-hydrogen) atoms. The Labute approximate surface area is 123 Å². The number of nitrogens with zero attached hydrogens (tertiary/aromatic N) is 2. The van der Waals surface area contributed by atoms with E-state index in [1.54, 1.807) is 0 Å². The Bertz CT molecular complexity index is 647. The van der Waals surface area contributed by atoms with E-state index in [1.165, 1.54) is 0 Å². The van der Waals surface area contributed by atoms with Crippen LogP contribution in [0.1, 0.15) is 23.2 Å². The molecule has 2 rings (SSSR count). The Morgan fingerprint density at radius 1 is 1.38 bits per heavy atom. The fourth-order valence-electron chi connectivity index (χ4n) is 2.09. The molecule has 0 saturated carbocycles. The van der Waals surface area contributed by atoms with Gasteiger partial charge in [-0.15, -0.1) is 0 Å². The van der Waals surface area contributed by atoms with E-state index in [-0.39, 0.29) is 5.69 Å². The highest BCUT2D eigenvalue weighted by Crippen LogP contribution is 2.23. The van der Waals surface area contributed by atoms with E-state index < -0.39 is 5.97 Å². The molecule has 0 aliphatic carbocycles. The molecule has 0 amide bonds. The van der Waals surface area contributed by atoms with E-state index in [0.29, 0.717) is 24.7 Å². The normalized spacial score (nSPS) is 10.8. The van der Waals surface area contributed by atoms with Crippen LogP contribution in [0, 0.1) is 0 Å². The number of carboxylic acids is 1. The summed E-state index contributed by atoms with van der Waals surface area (Å²) in [5.41, 5.74) is 1.72. The zero-order valence-electron chi connectivity index (χ0n) is 12.2. The van der Waals surface area contributed by atoms with Crippen LogP contribution in [0.25, 0.3) is 11.5 Å². The van der Waals surface area contributed by atoms with Gasteiger partial charge in [-0.3, -0.25) is 4.90 Å². The van der Waals surface area contributed by atoms with Crippen LogP contribution in [0.3, 0.4) is 0 Å². The average molecular weight is 286 g/mol. The summed E-state index contributed by atoms with van der Waals surface area (Å²) in [6, 6.07) is 9.25. The van der Waals surface area contributed by atoms with Crippen LogP contribution in [0.2, 0.25) is 0 Å². The zero-order chi connectivity index (χ0) is 15.4. The first kappa shape index (κ1) is 15.0. The van der Waals surface area contributed by atoms with Crippen LogP contribution in [-0.4, -0.2) is 34.6 Å². The van der Waals surface area contributed by atoms with Crippen molar-refractivity contribution in [2.24, 2.45) is 0 Å². The third kappa shape index (κ3) is 3.79. The highest BCUT2D eigenvalue weighted by Gasteiger charge is 2.21. The van der Waals surface area contributed by atoms with Gasteiger partial charge in [0.25, 0.3) is 0 Å². The van der Waals surface area contributed by atoms with Crippen LogP contribution in [-0.2, 0) is 6.54 Å². The molecule has 5 heteroatoms. The Morgan fingerprint density at radius 3 is 2.62 bits per heavy atom. The second kappa shape index (κ2) is 6.37. The summed E-state index contributed by atoms with van der Waals surface area (Å²) in [6.45, 7) is 6.80. The summed E-state index contributed by atoms with van der Waals surface area (Å²) < 4.78 is 5.65. The monoisotopic (exact) mass is 286 g/mol. The molecular weight excluding hydrogens is 268 g/mol. The van der Waals surface area contributed by atoms with Crippen LogP contribution in [0.4, 0.5) is 0 Å². The van der Waals surface area contributed by atoms with Crippen molar-refractivity contribution < 1.29 is 14.3 Å². The summed E-state index contributed by atoms with van der Waals surface area (Å²) in [4.78, 5) is 17.3. The first-order valence-corrected chi connectivity index (χ1v) is 6.58. The molecule has 1 heterocycles. The summed E-state index contributed by atoms with van der Waals surface area (Å²) in [7, 11) is 1.88. The van der Waals surface area contributed by atoms with Gasteiger partial charge in [-0.1, -0.05) is 30.4 Å². The molecule has 0 bridgehead atoms. The average Bonchev–Trinajstić information content (AvgIpc) is 2.82. The number of hydrogen-bond acceptors (Lipinski definition) is 4. The van der Waals surface area contributed by atoms with E-state index in [1.807, 2.05) is 49.2 Å². The third-order valence-corrected chi connectivity index (χ3v) is 2.87. The van der Waals surface area contributed by atoms with Crippen molar-refractivity contribution in [3.8, 4) is 11.5 Å². The minimum atomic E-state index is -1.08. The maximum absolute atomic E-state index is 11.3. The lowest BCUT2D eigenvalue weighted by Crippen LogP contribution is -2.20. The van der Waals surface area contributed by atoms with Crippen LogP contribution in [0.5, 0.6) is 0 Å². The molecule has 0 spiro atoms. The number of carbonyl (C=O) groups is 1. The Morgan fingerprint density at radius 2 is 2.05 bits per heavy atom. The minimum Gasteiger partial charge on any atom is -0.476 e. The molecule has 0 saturated heterocycles. The van der Waals surface area contributed by atoms with Crippen molar-refractivity contribution in [1.29, 1.82) is 0 Å². The SMILES string of the molecule is C=C(C)CN(C)Cc1oc(-c2ccccc2)nc1C(=O)O. The summed E-state index contributed by atoms with van der Waals surface area (Å²) in [5, 5.41) is 9.26. The lowest BCUT2D eigenvalue weighted by Gasteiger charge is -2.14. The number of rotatable bonds is 6. The number of carboxylic acid groups (broad SMARTS) is 1. The Kier molecular flexibility index (Phi) is 4.55. The van der Waals surface area contributed by atoms with E-state index in [4.69, 9.17) is 4.42 Å². The van der Waals surface area contributed by atoms with Crippen molar-refractivity contribution in [2.45, 2.75) is 13.5 Å². The lowest BCUT2D eigenvalue weighted by atomic mass is 10.2. The minimum absolute atomic E-state index is 0.0394. The Balaban J connectivity index is 2.30. The van der Waals surface area contributed by atoms with Gasteiger partial charge in [0.05, 0.1) is 6.54 Å². The van der Waals surface area contributed by atoms with Crippen molar-refractivity contribution in [2.75, 3.05) is 13.6 Å². The van der Waals surface area contributed by atoms with E-state index in [2.05, 4.69) is 11.6 Å². The zero-order valence-corrected chi connectivity index (χ0v) is 12.2. The summed E-state index contributed by atoms with van der Waals surface area (Å²) in [5.74, 6) is -0.406. The van der Waals surface area contributed by atoms with Gasteiger partial charge in [0, 0.05) is 12.1 Å². The highest BCUT2D eigenvalue weighted by atomic mass is 16.4. The highest BCUT2D eigenvalue weighted by molar-refractivity contribution is 5.87. The maximum Gasteiger partial charge on any atom is 0.358 e. The van der Waals surface area contributed by atoms with E-state index in [0.717, 1.165) is 11.1 Å². The van der Waals surface area contributed by atoms with Gasteiger partial charge in [0.2, 0.25) is 5.89 Å². The largest absolute Gasteiger partial charge is 0.476 e. The standard InChI is InChI=1S/C16H18N2O3/c1-11(2)9-18(3)10-13-14(16(19)20)17-15(21-13)12-7-5-4-6-8-12/h4-8H,1,9-10H2,2-3H3,(H,19,20). The molecule has 5 nitrogen and oxygen atoms in total. The Hall–Kier alpha value is -2.40. The fraction of sp³-hybridized carbons (Fsp3) is 0.250. The van der Waals surface area contributed by atoms with Crippen molar-refractivity contribution >= 4 is 5.97 Å². The molecular formula is C16H18N2O3. The molecule has 0 unspecified atom stereocenters. The van der Waals surface area contributed by atoms with E-state index in [9.17, 15) is 9.90 Å². The summed E-state index contributed by atoms with van der Waals surface area (Å²) >= 11 is 0. The van der Waals surface area contributed by atoms with E-state index >= 15 is 0 Å². The molecule has 0 atom stereocenters. The van der Waals surface area contributed by atoms with Crippen molar-refractivity contribution in [3.05, 3.63) is 53.9 Å². The molecule has 110 valence electrons. The quantitative estimate of drug-likeness (QED) is 0.827. The van der Waals surface area contributed by atoms with Crippen molar-refractivity contribution in [1.82, 2.24) is 9.88 Å². The van der Waals surface area contributed by atoms with Crippen LogP contribution in [0.15, 0.2) is 46.9 Å². The number of aromatic nitrogens is 1. The molecule has 0 fully saturated rings. The van der Waals surface area contributed by atoms with Crippen molar-refractivity contribution in [3.63, 3.8) is 0 Å². The van der Waals surface area contributed by atoms with Gasteiger partial charge >= 0.3 is 5.97 Å². The molecule has 2 aromatic rings. The number of hydrogen-bond donors (Lipinski definition) is 1. The first-order chi connectivity index (χ1) is 9.97. The van der Waals surface area contributed by atoms with Gasteiger partial charge in [-0.05, 0) is 26.1 Å². The third-order valence-electron chi connectivity index (χ3n) is 2.87. The topological polar surface area (TPSA) is 66.6 Å². The first-order valence-electron chi connectivity index (χ1n) is 6.58. The molecule has 0 aliphatic heterocycles. The molecule has 1 aromatic carbocycles. The lowest BCUT2D eigenvalue weighted by molar-refractivity contribution is 0.0687. The molecule has 0 aliphatic rings. The molecule has 0 radical (unpaired) electrons. The summed E-state index contributed by atoms with van der Waals surface area (Å²) in [6.07, 6.45) is 0. The van der Waals surface area contributed by atoms with Gasteiger partial charge in [-0.2, -0.15) is 0 Å². The second-order valence-electron chi connectivity index (χ2n) is 5.09. The van der Waals surface area contributed by atoms with Gasteiger partial charge in [0.1, 0.15) is 0 Å². The predicted molar refractivity (Wildman–Crippen MR) is 80.0 cm³/mol. The van der Waals surface area contributed by atoms with Crippen LogP contribution >= 0.6 is 0 Å². The number of benzene rings is 1. The number of likely N-dealkylation sites (N-methyl/N-ethyl adjacent to an activating group) is 1. The molecule has 1 N–H and O–H groups in total. The number of aromatic carboxylic acids is 1. The van der Waals surface area contributed by atoms with Gasteiger partial charge < -0.3 is 9.52 Å². The molecule has 1 aromatic heterocycles. The van der Waals surface area contributed by atoms with Crippen LogP contribution < -0.4 is 0 Å². The number of oxazole rings is 1. The maximum atomic E-state index is 11.3. The predicted octanol–water partition coefficient (Wildman–Crippen LogP) is 3.05. The van der Waals surface area contributed by atoms with Gasteiger partial charge in [0.15, 0.2) is 11.5 Å². The second-order valence-corrected chi connectivity index (χ2v) is 5.09.